The van der Waals surface area contributed by atoms with Gasteiger partial charge >= 0.3 is 6.18 Å². The van der Waals surface area contributed by atoms with Crippen LogP contribution in [0.3, 0.4) is 0 Å². The Kier molecular flexibility index (Phi) is 4.26. The Morgan fingerprint density at radius 1 is 1.00 bits per heavy atom. The van der Waals surface area contributed by atoms with Crippen LogP contribution in [0.5, 0.6) is 5.88 Å². The van der Waals surface area contributed by atoms with Gasteiger partial charge in [0.2, 0.25) is 5.88 Å². The number of fused-ring (bicyclic) bond motifs is 1. The highest BCUT2D eigenvalue weighted by Crippen LogP contribution is 2.34. The molecule has 0 saturated heterocycles. The highest BCUT2D eigenvalue weighted by molar-refractivity contribution is 5.94. The smallest absolute Gasteiger partial charge is 0.416 e. The van der Waals surface area contributed by atoms with E-state index in [1.165, 1.54) is 36.2 Å². The van der Waals surface area contributed by atoms with Gasteiger partial charge in [-0.1, -0.05) is 12.1 Å². The molecule has 142 valence electrons. The van der Waals surface area contributed by atoms with Crippen molar-refractivity contribution in [1.29, 1.82) is 0 Å². The Morgan fingerprint density at radius 2 is 1.75 bits per heavy atom. The quantitative estimate of drug-likeness (QED) is 0.451. The van der Waals surface area contributed by atoms with Crippen molar-refractivity contribution < 1.29 is 22.3 Å². The van der Waals surface area contributed by atoms with Crippen LogP contribution in [0.2, 0.25) is 0 Å². The van der Waals surface area contributed by atoms with Crippen LogP contribution in [-0.2, 0) is 6.18 Å². The number of para-hydroxylation sites is 1. The van der Waals surface area contributed by atoms with Crippen molar-refractivity contribution in [3.05, 3.63) is 72.2 Å². The number of alkyl halides is 3. The van der Waals surface area contributed by atoms with Gasteiger partial charge in [0.05, 0.1) is 18.4 Å². The molecule has 0 fully saturated rings. The zero-order valence-corrected chi connectivity index (χ0v) is 14.5. The van der Waals surface area contributed by atoms with Crippen LogP contribution < -0.4 is 4.74 Å². The maximum absolute atomic E-state index is 14.6. The van der Waals surface area contributed by atoms with E-state index in [0.29, 0.717) is 28.2 Å². The minimum absolute atomic E-state index is 0.174. The summed E-state index contributed by atoms with van der Waals surface area (Å²) in [6, 6.07) is 12.3. The standard InChI is InChI=1S/C20H13F4N3O/c1-28-17-11-12(9-10-25-17)18-15-3-2-4-16(21)19(15)27(26-18)14-7-5-13(6-8-14)20(22,23)24/h2-11H,1H3. The summed E-state index contributed by atoms with van der Waals surface area (Å²) in [5.74, 6) is -0.164. The first-order chi connectivity index (χ1) is 13.4. The van der Waals surface area contributed by atoms with E-state index in [1.54, 1.807) is 24.3 Å². The summed E-state index contributed by atoms with van der Waals surface area (Å²) in [7, 11) is 1.48. The molecule has 0 aliphatic carbocycles. The van der Waals surface area contributed by atoms with Gasteiger partial charge in [-0.2, -0.15) is 18.3 Å². The van der Waals surface area contributed by atoms with Gasteiger partial charge in [0, 0.05) is 23.2 Å². The average Bonchev–Trinajstić information content (AvgIpc) is 3.08. The maximum atomic E-state index is 14.6. The van der Waals surface area contributed by atoms with Crippen molar-refractivity contribution in [2.75, 3.05) is 7.11 Å². The average molecular weight is 387 g/mol. The molecule has 4 rings (SSSR count). The molecule has 0 amide bonds. The molecular formula is C20H13F4N3O. The van der Waals surface area contributed by atoms with E-state index in [0.717, 1.165) is 12.1 Å². The Morgan fingerprint density at radius 3 is 2.43 bits per heavy atom. The van der Waals surface area contributed by atoms with E-state index in [-0.39, 0.29) is 5.52 Å². The first-order valence-corrected chi connectivity index (χ1v) is 8.24. The molecule has 0 aliphatic heterocycles. The van der Waals surface area contributed by atoms with E-state index in [4.69, 9.17) is 4.74 Å². The van der Waals surface area contributed by atoms with Crippen molar-refractivity contribution in [2.45, 2.75) is 6.18 Å². The van der Waals surface area contributed by atoms with Gasteiger partial charge in [-0.15, -0.1) is 0 Å². The summed E-state index contributed by atoms with van der Waals surface area (Å²) in [6.07, 6.45) is -2.91. The highest BCUT2D eigenvalue weighted by atomic mass is 19.4. The number of halogens is 4. The molecule has 4 aromatic rings. The number of rotatable bonds is 3. The highest BCUT2D eigenvalue weighted by Gasteiger charge is 2.30. The van der Waals surface area contributed by atoms with E-state index in [1.807, 2.05) is 0 Å². The Hall–Kier alpha value is -3.42. The van der Waals surface area contributed by atoms with Crippen molar-refractivity contribution in [3.8, 4) is 22.8 Å². The molecule has 28 heavy (non-hydrogen) atoms. The number of methoxy groups -OCH3 is 1. The van der Waals surface area contributed by atoms with Crippen molar-refractivity contribution in [3.63, 3.8) is 0 Å². The number of aromatic nitrogens is 3. The number of hydrogen-bond acceptors (Lipinski definition) is 3. The molecule has 0 saturated carbocycles. The molecule has 2 heterocycles. The van der Waals surface area contributed by atoms with Crippen LogP contribution in [0.1, 0.15) is 5.56 Å². The Labute approximate surface area is 157 Å². The van der Waals surface area contributed by atoms with Crippen LogP contribution in [0, 0.1) is 5.82 Å². The van der Waals surface area contributed by atoms with Gasteiger partial charge < -0.3 is 4.74 Å². The molecule has 0 unspecified atom stereocenters. The summed E-state index contributed by atoms with van der Waals surface area (Å²) < 4.78 is 59.5. The number of benzene rings is 2. The van der Waals surface area contributed by atoms with Gasteiger partial charge in [-0.3, -0.25) is 0 Å². The maximum Gasteiger partial charge on any atom is 0.416 e. The van der Waals surface area contributed by atoms with Crippen LogP contribution in [-0.4, -0.2) is 21.9 Å². The normalized spacial score (nSPS) is 11.8. The molecule has 0 atom stereocenters. The molecule has 2 aromatic carbocycles. The molecule has 0 radical (unpaired) electrons. The molecule has 0 aliphatic rings. The molecule has 0 spiro atoms. The van der Waals surface area contributed by atoms with Gasteiger partial charge in [0.15, 0.2) is 0 Å². The number of nitrogens with zero attached hydrogens (tertiary/aromatic N) is 3. The second-order valence-electron chi connectivity index (χ2n) is 6.03. The molecular weight excluding hydrogens is 374 g/mol. The summed E-state index contributed by atoms with van der Waals surface area (Å²) in [5, 5.41) is 4.99. The summed E-state index contributed by atoms with van der Waals surface area (Å²) in [6.45, 7) is 0. The topological polar surface area (TPSA) is 39.9 Å². The summed E-state index contributed by atoms with van der Waals surface area (Å²) in [5.41, 5.74) is 0.818. The molecule has 0 bridgehead atoms. The van der Waals surface area contributed by atoms with Crippen LogP contribution in [0.4, 0.5) is 17.6 Å². The first kappa shape index (κ1) is 18.0. The third kappa shape index (κ3) is 3.06. The molecule has 8 heteroatoms. The molecule has 2 aromatic heterocycles. The fourth-order valence-electron chi connectivity index (χ4n) is 2.99. The summed E-state index contributed by atoms with van der Waals surface area (Å²) >= 11 is 0. The zero-order valence-electron chi connectivity index (χ0n) is 14.5. The lowest BCUT2D eigenvalue weighted by Crippen LogP contribution is -2.05. The van der Waals surface area contributed by atoms with Gasteiger partial charge in [-0.05, 0) is 36.4 Å². The summed E-state index contributed by atoms with van der Waals surface area (Å²) in [4.78, 5) is 4.04. The molecule has 0 N–H and O–H groups in total. The van der Waals surface area contributed by atoms with E-state index < -0.39 is 17.6 Å². The second-order valence-corrected chi connectivity index (χ2v) is 6.03. The lowest BCUT2D eigenvalue weighted by Gasteiger charge is -2.08. The van der Waals surface area contributed by atoms with E-state index >= 15 is 0 Å². The number of ether oxygens (including phenoxy) is 1. The van der Waals surface area contributed by atoms with E-state index in [2.05, 4.69) is 10.1 Å². The van der Waals surface area contributed by atoms with Crippen LogP contribution in [0.25, 0.3) is 27.8 Å². The fraction of sp³-hybridized carbons (Fsp3) is 0.100. The minimum Gasteiger partial charge on any atom is -0.481 e. The number of pyridine rings is 1. The largest absolute Gasteiger partial charge is 0.481 e. The third-order valence-electron chi connectivity index (χ3n) is 4.31. The van der Waals surface area contributed by atoms with E-state index in [9.17, 15) is 17.6 Å². The van der Waals surface area contributed by atoms with Gasteiger partial charge in [0.1, 0.15) is 17.0 Å². The van der Waals surface area contributed by atoms with Crippen molar-refractivity contribution in [1.82, 2.24) is 14.8 Å². The predicted molar refractivity (Wildman–Crippen MR) is 95.8 cm³/mol. The monoisotopic (exact) mass is 387 g/mol. The fourth-order valence-corrected chi connectivity index (χ4v) is 2.99. The van der Waals surface area contributed by atoms with Crippen LogP contribution >= 0.6 is 0 Å². The van der Waals surface area contributed by atoms with Gasteiger partial charge in [0.25, 0.3) is 0 Å². The van der Waals surface area contributed by atoms with Crippen molar-refractivity contribution >= 4 is 10.9 Å². The SMILES string of the molecule is COc1cc(-c2nn(-c3ccc(C(F)(F)F)cc3)c3c(F)cccc23)ccn1. The van der Waals surface area contributed by atoms with Gasteiger partial charge in [-0.25, -0.2) is 14.1 Å². The first-order valence-electron chi connectivity index (χ1n) is 8.24. The zero-order chi connectivity index (χ0) is 19.9. The lowest BCUT2D eigenvalue weighted by atomic mass is 10.1. The van der Waals surface area contributed by atoms with Crippen molar-refractivity contribution in [2.24, 2.45) is 0 Å². The second kappa shape index (κ2) is 6.63. The Bertz CT molecular complexity index is 1150. The number of hydrogen-bond donors (Lipinski definition) is 0. The predicted octanol–water partition coefficient (Wildman–Crippen LogP) is 5.25. The molecule has 4 nitrogen and oxygen atoms in total. The minimum atomic E-state index is -4.45. The van der Waals surface area contributed by atoms with Crippen LogP contribution in [0.15, 0.2) is 60.8 Å². The lowest BCUT2D eigenvalue weighted by molar-refractivity contribution is -0.137. The Balaban J connectivity index is 1.92. The third-order valence-corrected chi connectivity index (χ3v) is 4.31.